The molecule has 1 aromatic heterocycles. The van der Waals surface area contributed by atoms with Gasteiger partial charge in [0.05, 0.1) is 5.69 Å². The van der Waals surface area contributed by atoms with Crippen molar-refractivity contribution in [3.63, 3.8) is 0 Å². The molecule has 2 bridgehead atoms. The molecule has 1 N–H and O–H groups in total. The molecule has 23 heavy (non-hydrogen) atoms. The van der Waals surface area contributed by atoms with Crippen LogP contribution in [0.2, 0.25) is 0 Å². The van der Waals surface area contributed by atoms with Gasteiger partial charge in [0.1, 0.15) is 0 Å². The average molecular weight is 309 g/mol. The lowest BCUT2D eigenvalue weighted by Crippen LogP contribution is -2.30. The smallest absolute Gasteiger partial charge is 0.251 e. The van der Waals surface area contributed by atoms with Crippen LogP contribution < -0.4 is 5.32 Å². The number of amides is 1. The number of carbonyl (C=O) groups is 1. The number of benzene rings is 1. The van der Waals surface area contributed by atoms with E-state index in [1.165, 1.54) is 12.8 Å². The molecule has 118 valence electrons. The predicted octanol–water partition coefficient (Wildman–Crippen LogP) is 1.91. The molecular weight excluding hydrogens is 290 g/mol. The van der Waals surface area contributed by atoms with Gasteiger partial charge in [-0.2, -0.15) is 4.68 Å². The molecule has 1 fully saturated rings. The molecule has 0 spiro atoms. The summed E-state index contributed by atoms with van der Waals surface area (Å²) < 4.78 is 1.64. The SMILES string of the molecule is Cc1nnnn1-c1ccc(C(=O)NC[C@@H]2C[C@@H]3C=C[C@H]2C3)cc1. The second-order valence-corrected chi connectivity index (χ2v) is 6.44. The van der Waals surface area contributed by atoms with Crippen LogP contribution in [0.25, 0.3) is 5.69 Å². The number of tetrazole rings is 1. The van der Waals surface area contributed by atoms with Crippen molar-refractivity contribution in [3.05, 3.63) is 47.8 Å². The first-order valence-corrected chi connectivity index (χ1v) is 8.02. The largest absolute Gasteiger partial charge is 0.352 e. The molecule has 2 aromatic rings. The number of carbonyl (C=O) groups excluding carboxylic acids is 1. The molecule has 4 rings (SSSR count). The molecule has 0 aliphatic heterocycles. The summed E-state index contributed by atoms with van der Waals surface area (Å²) in [6, 6.07) is 7.34. The quantitative estimate of drug-likeness (QED) is 0.876. The summed E-state index contributed by atoms with van der Waals surface area (Å²) in [5.41, 5.74) is 1.51. The zero-order valence-corrected chi connectivity index (χ0v) is 13.0. The molecule has 0 unspecified atom stereocenters. The summed E-state index contributed by atoms with van der Waals surface area (Å²) in [5, 5.41) is 14.5. The molecule has 3 atom stereocenters. The topological polar surface area (TPSA) is 72.7 Å². The van der Waals surface area contributed by atoms with Crippen LogP contribution in [0.3, 0.4) is 0 Å². The summed E-state index contributed by atoms with van der Waals surface area (Å²) in [6.07, 6.45) is 7.11. The Labute approximate surface area is 134 Å². The number of allylic oxidation sites excluding steroid dienone is 2. The zero-order valence-electron chi connectivity index (χ0n) is 13.0. The highest BCUT2D eigenvalue weighted by atomic mass is 16.1. The molecular formula is C17H19N5O. The number of hydrogen-bond donors (Lipinski definition) is 1. The van der Waals surface area contributed by atoms with E-state index in [4.69, 9.17) is 0 Å². The van der Waals surface area contributed by atoms with Crippen molar-refractivity contribution in [2.45, 2.75) is 19.8 Å². The Hall–Kier alpha value is -2.50. The van der Waals surface area contributed by atoms with Gasteiger partial charge in [0.25, 0.3) is 5.91 Å². The van der Waals surface area contributed by atoms with Gasteiger partial charge in [-0.05, 0) is 72.2 Å². The van der Waals surface area contributed by atoms with Crippen molar-refractivity contribution in [1.29, 1.82) is 0 Å². The number of rotatable bonds is 4. The van der Waals surface area contributed by atoms with E-state index in [-0.39, 0.29) is 5.91 Å². The maximum Gasteiger partial charge on any atom is 0.251 e. The van der Waals surface area contributed by atoms with Gasteiger partial charge in [-0.15, -0.1) is 5.10 Å². The maximum absolute atomic E-state index is 12.3. The lowest BCUT2D eigenvalue weighted by Gasteiger charge is -2.18. The van der Waals surface area contributed by atoms with E-state index in [1.54, 1.807) is 4.68 Å². The third kappa shape index (κ3) is 2.65. The second kappa shape index (κ2) is 5.61. The van der Waals surface area contributed by atoms with Gasteiger partial charge in [-0.1, -0.05) is 12.2 Å². The number of aromatic nitrogens is 4. The fourth-order valence-electron chi connectivity index (χ4n) is 3.68. The Morgan fingerprint density at radius 1 is 1.26 bits per heavy atom. The number of aryl methyl sites for hydroxylation is 1. The van der Waals surface area contributed by atoms with Gasteiger partial charge < -0.3 is 5.32 Å². The second-order valence-electron chi connectivity index (χ2n) is 6.44. The lowest BCUT2D eigenvalue weighted by molar-refractivity contribution is 0.0945. The van der Waals surface area contributed by atoms with Crippen molar-refractivity contribution in [3.8, 4) is 5.69 Å². The molecule has 1 aromatic carbocycles. The zero-order chi connectivity index (χ0) is 15.8. The highest BCUT2D eigenvalue weighted by molar-refractivity contribution is 5.94. The first-order chi connectivity index (χ1) is 11.2. The van der Waals surface area contributed by atoms with Crippen LogP contribution in [0.15, 0.2) is 36.4 Å². The fraction of sp³-hybridized carbons (Fsp3) is 0.412. The van der Waals surface area contributed by atoms with Crippen LogP contribution in [-0.2, 0) is 0 Å². The average Bonchev–Trinajstić information content (AvgIpc) is 3.29. The molecule has 1 heterocycles. The van der Waals surface area contributed by atoms with Gasteiger partial charge in [0.2, 0.25) is 0 Å². The number of nitrogens with zero attached hydrogens (tertiary/aromatic N) is 4. The Kier molecular flexibility index (Phi) is 3.44. The normalized spacial score (nSPS) is 25.0. The van der Waals surface area contributed by atoms with E-state index < -0.39 is 0 Å². The van der Waals surface area contributed by atoms with Crippen LogP contribution in [0.1, 0.15) is 29.0 Å². The summed E-state index contributed by atoms with van der Waals surface area (Å²) >= 11 is 0. The summed E-state index contributed by atoms with van der Waals surface area (Å²) in [6.45, 7) is 2.60. The number of nitrogens with one attached hydrogen (secondary N) is 1. The third-order valence-corrected chi connectivity index (χ3v) is 4.94. The minimum Gasteiger partial charge on any atom is -0.352 e. The standard InChI is InChI=1S/C17H19N5O/c1-11-19-20-21-22(11)16-6-4-13(5-7-16)17(23)18-10-15-9-12-2-3-14(15)8-12/h2-7,12,14-15H,8-10H2,1H3,(H,18,23)/t12-,14+,15+/m1/s1. The Balaban J connectivity index is 1.39. The van der Waals surface area contributed by atoms with E-state index in [1.807, 2.05) is 31.2 Å². The van der Waals surface area contributed by atoms with Crippen LogP contribution >= 0.6 is 0 Å². The van der Waals surface area contributed by atoms with Crippen molar-refractivity contribution in [2.75, 3.05) is 6.54 Å². The highest BCUT2D eigenvalue weighted by Gasteiger charge is 2.35. The molecule has 6 heteroatoms. The van der Waals surface area contributed by atoms with Crippen LogP contribution in [0.5, 0.6) is 0 Å². The summed E-state index contributed by atoms with van der Waals surface area (Å²) in [4.78, 5) is 12.3. The Bertz CT molecular complexity index is 749. The van der Waals surface area contributed by atoms with Crippen molar-refractivity contribution < 1.29 is 4.79 Å². The lowest BCUT2D eigenvalue weighted by atomic mass is 9.93. The molecule has 1 amide bonds. The molecule has 2 aliphatic carbocycles. The molecule has 0 saturated heterocycles. The Morgan fingerprint density at radius 3 is 2.70 bits per heavy atom. The minimum absolute atomic E-state index is 0.0169. The highest BCUT2D eigenvalue weighted by Crippen LogP contribution is 2.42. The maximum atomic E-state index is 12.3. The van der Waals surface area contributed by atoms with Crippen LogP contribution in [-0.4, -0.2) is 32.7 Å². The third-order valence-electron chi connectivity index (χ3n) is 4.94. The van der Waals surface area contributed by atoms with Crippen molar-refractivity contribution in [2.24, 2.45) is 17.8 Å². The number of fused-ring (bicyclic) bond motifs is 2. The first-order valence-electron chi connectivity index (χ1n) is 8.02. The van der Waals surface area contributed by atoms with E-state index in [9.17, 15) is 4.79 Å². The fourth-order valence-corrected chi connectivity index (χ4v) is 3.68. The van der Waals surface area contributed by atoms with E-state index in [0.29, 0.717) is 23.2 Å². The number of hydrogen-bond acceptors (Lipinski definition) is 4. The molecule has 0 radical (unpaired) electrons. The van der Waals surface area contributed by atoms with Gasteiger partial charge >= 0.3 is 0 Å². The van der Waals surface area contributed by atoms with E-state index >= 15 is 0 Å². The summed E-state index contributed by atoms with van der Waals surface area (Å²) in [7, 11) is 0. The Morgan fingerprint density at radius 2 is 2.09 bits per heavy atom. The van der Waals surface area contributed by atoms with Gasteiger partial charge in [0.15, 0.2) is 5.82 Å². The van der Waals surface area contributed by atoms with E-state index in [2.05, 4.69) is 33.0 Å². The van der Waals surface area contributed by atoms with Gasteiger partial charge in [0, 0.05) is 12.1 Å². The van der Waals surface area contributed by atoms with Crippen molar-refractivity contribution >= 4 is 5.91 Å². The molecule has 6 nitrogen and oxygen atoms in total. The van der Waals surface area contributed by atoms with Gasteiger partial charge in [-0.25, -0.2) is 0 Å². The molecule has 1 saturated carbocycles. The summed E-state index contributed by atoms with van der Waals surface area (Å²) in [5.74, 6) is 2.69. The first kappa shape index (κ1) is 14.1. The van der Waals surface area contributed by atoms with E-state index in [0.717, 1.165) is 18.2 Å². The van der Waals surface area contributed by atoms with Crippen LogP contribution in [0, 0.1) is 24.7 Å². The van der Waals surface area contributed by atoms with Crippen molar-refractivity contribution in [1.82, 2.24) is 25.5 Å². The molecule has 2 aliphatic rings. The van der Waals surface area contributed by atoms with Gasteiger partial charge in [-0.3, -0.25) is 4.79 Å². The van der Waals surface area contributed by atoms with Crippen LogP contribution in [0.4, 0.5) is 0 Å². The monoisotopic (exact) mass is 309 g/mol. The predicted molar refractivity (Wildman–Crippen MR) is 85.1 cm³/mol. The minimum atomic E-state index is -0.0169.